The van der Waals surface area contributed by atoms with Crippen LogP contribution in [0.5, 0.6) is 5.75 Å². The van der Waals surface area contributed by atoms with E-state index in [0.717, 1.165) is 87.8 Å². The second-order valence-electron chi connectivity index (χ2n) is 16.7. The van der Waals surface area contributed by atoms with Crippen LogP contribution in [-0.4, -0.2) is 120 Å². The number of likely N-dealkylation sites (tertiary alicyclic amines) is 3. The molecule has 2 N–H and O–H groups in total. The number of nitrogens with zero attached hydrogens (tertiary/aromatic N) is 4. The van der Waals surface area contributed by atoms with Crippen molar-refractivity contribution in [2.24, 2.45) is 11.8 Å². The normalized spacial score (nSPS) is 19.4. The zero-order valence-electron chi connectivity index (χ0n) is 34.5. The quantitative estimate of drug-likeness (QED) is 0.144. The monoisotopic (exact) mass is 861 g/mol. The predicted octanol–water partition coefficient (Wildman–Crippen LogP) is 8.13. The molecule has 6 rings (SSSR count). The number of rotatable bonds is 14. The molecule has 0 bridgehead atoms. The van der Waals surface area contributed by atoms with E-state index in [0.29, 0.717) is 70.3 Å². The fraction of sp³-hybridized carbons (Fsp3) is 0.636. The van der Waals surface area contributed by atoms with E-state index >= 15 is 0 Å². The van der Waals surface area contributed by atoms with Gasteiger partial charge in [-0.3, -0.25) is 9.59 Å². The number of amides is 4. The molecule has 330 valence electrons. The van der Waals surface area contributed by atoms with Gasteiger partial charge < -0.3 is 39.5 Å². The Morgan fingerprint density at radius 2 is 1.57 bits per heavy atom. The zero-order chi connectivity index (χ0) is 42.8. The lowest BCUT2D eigenvalue weighted by atomic mass is 9.78. The van der Waals surface area contributed by atoms with Gasteiger partial charge >= 0.3 is 24.3 Å². The number of nitrogens with one attached hydrogen (secondary N) is 1. The molecule has 2 aromatic rings. The number of phenols is 1. The second-order valence-corrected chi connectivity index (χ2v) is 17.1. The molecular weight excluding hydrogens is 803 g/mol. The molecule has 3 saturated heterocycles. The number of unbranched alkanes of at least 4 members (excludes halogenated alkanes) is 3. The maximum Gasteiger partial charge on any atom is 0.420 e. The number of fused-ring (bicyclic) bond motifs is 1. The Bertz CT molecular complexity index is 1790. The minimum Gasteiger partial charge on any atom is -0.506 e. The smallest absolute Gasteiger partial charge is 0.420 e. The van der Waals surface area contributed by atoms with Crippen LogP contribution in [0, 0.1) is 11.8 Å². The van der Waals surface area contributed by atoms with Gasteiger partial charge in [0.05, 0.1) is 23.6 Å². The highest BCUT2D eigenvalue weighted by Gasteiger charge is 2.39. The Morgan fingerprint density at radius 3 is 2.25 bits per heavy atom. The molecule has 12 nitrogen and oxygen atoms in total. The first kappa shape index (κ1) is 45.3. The van der Waals surface area contributed by atoms with Crippen molar-refractivity contribution in [3.63, 3.8) is 0 Å². The van der Waals surface area contributed by atoms with Crippen molar-refractivity contribution in [3.8, 4) is 5.75 Å². The van der Waals surface area contributed by atoms with Crippen LogP contribution < -0.4 is 5.32 Å². The molecule has 0 saturated carbocycles. The van der Waals surface area contributed by atoms with Crippen LogP contribution in [-0.2, 0) is 38.1 Å². The molecular formula is C44H59ClF3N5O7. The number of ether oxygens (including phenoxy) is 2. The average Bonchev–Trinajstić information content (AvgIpc) is 3.41. The Hall–Kier alpha value is -4.24. The molecule has 0 spiro atoms. The summed E-state index contributed by atoms with van der Waals surface area (Å²) >= 11 is 6.03. The van der Waals surface area contributed by atoms with E-state index in [-0.39, 0.29) is 43.1 Å². The summed E-state index contributed by atoms with van der Waals surface area (Å²) < 4.78 is 52.8. The third kappa shape index (κ3) is 12.0. The van der Waals surface area contributed by atoms with Gasteiger partial charge in [-0.25, -0.2) is 9.59 Å². The summed E-state index contributed by atoms with van der Waals surface area (Å²) in [5, 5.41) is 12.6. The van der Waals surface area contributed by atoms with Crippen molar-refractivity contribution >= 4 is 41.3 Å². The molecule has 0 unspecified atom stereocenters. The highest BCUT2D eigenvalue weighted by Crippen LogP contribution is 2.41. The van der Waals surface area contributed by atoms with E-state index in [1.165, 1.54) is 4.90 Å². The van der Waals surface area contributed by atoms with Gasteiger partial charge in [-0.15, -0.1) is 0 Å². The molecule has 4 amide bonds. The van der Waals surface area contributed by atoms with Crippen molar-refractivity contribution in [1.82, 2.24) is 19.6 Å². The van der Waals surface area contributed by atoms with Crippen LogP contribution in [0.3, 0.4) is 0 Å². The zero-order valence-corrected chi connectivity index (χ0v) is 35.3. The number of carbonyl (C=O) groups excluding carboxylic acids is 4. The number of para-hydroxylation sites is 1. The SMILES string of the molecule is CCCCCCOC(=O)CCN1CCC(C2CCN(C(=O)[C@@H](Cc3cc(Cl)c(O)c(C(F)(F)F)c3)OC(=O)N3CCC(N4CCc5ccccc5NC4=O)CC3)CC2)CC1. The number of piperidine rings is 3. The molecule has 4 aliphatic heterocycles. The summed E-state index contributed by atoms with van der Waals surface area (Å²) in [6.07, 6.45) is 2.26. The Kier molecular flexibility index (Phi) is 15.9. The number of hydrogen-bond donors (Lipinski definition) is 2. The number of anilines is 1. The van der Waals surface area contributed by atoms with E-state index in [4.69, 9.17) is 21.1 Å². The van der Waals surface area contributed by atoms with Crippen LogP contribution >= 0.6 is 11.6 Å². The standard InChI is InChI=1S/C44H59ClF3N5O7/c1-2-3-4-7-26-59-39(54)17-20-50-18-10-31(11-19-50)32-12-21-51(22-13-32)41(56)38(29-30-27-35(44(46,47)48)40(55)36(45)28-30)60-43(58)52-23-15-34(16-24-52)53-25-14-33-8-5-6-9-37(33)49-42(53)57/h5-6,8-9,27-28,31-32,34,38,55H,2-4,7,10-26,29H2,1H3,(H,49,57)/t38-/m1/s1. The molecule has 3 fully saturated rings. The lowest BCUT2D eigenvalue weighted by Crippen LogP contribution is -2.52. The molecule has 0 aliphatic carbocycles. The summed E-state index contributed by atoms with van der Waals surface area (Å²) in [5.74, 6) is -0.906. The van der Waals surface area contributed by atoms with Crippen LogP contribution in [0.2, 0.25) is 5.02 Å². The topological polar surface area (TPSA) is 132 Å². The third-order valence-corrected chi connectivity index (χ3v) is 13.0. The minimum absolute atomic E-state index is 0.00922. The summed E-state index contributed by atoms with van der Waals surface area (Å²) in [7, 11) is 0. The van der Waals surface area contributed by atoms with E-state index in [1.807, 2.05) is 24.3 Å². The molecule has 16 heteroatoms. The summed E-state index contributed by atoms with van der Waals surface area (Å²) in [4.78, 5) is 60.4. The molecule has 60 heavy (non-hydrogen) atoms. The Labute approximate surface area is 355 Å². The number of carbonyl (C=O) groups is 4. The van der Waals surface area contributed by atoms with Crippen LogP contribution in [0.4, 0.5) is 28.4 Å². The van der Waals surface area contributed by atoms with E-state index < -0.39 is 40.6 Å². The molecule has 4 heterocycles. The van der Waals surface area contributed by atoms with Crippen molar-refractivity contribution < 1.29 is 46.9 Å². The maximum atomic E-state index is 14.2. The summed E-state index contributed by atoms with van der Waals surface area (Å²) in [6, 6.07) is 9.24. The number of halogens is 4. The number of aromatic hydroxyl groups is 1. The predicted molar refractivity (Wildman–Crippen MR) is 221 cm³/mol. The van der Waals surface area contributed by atoms with Gasteiger partial charge in [-0.05, 0) is 106 Å². The lowest BCUT2D eigenvalue weighted by molar-refractivity contribution is -0.144. The summed E-state index contributed by atoms with van der Waals surface area (Å²) in [6.45, 7) is 6.95. The lowest BCUT2D eigenvalue weighted by Gasteiger charge is -2.41. The number of alkyl halides is 3. The minimum atomic E-state index is -4.91. The number of hydrogen-bond acceptors (Lipinski definition) is 8. The summed E-state index contributed by atoms with van der Waals surface area (Å²) in [5.41, 5.74) is 0.483. The van der Waals surface area contributed by atoms with Crippen molar-refractivity contribution in [3.05, 3.63) is 58.1 Å². The Balaban J connectivity index is 1.03. The van der Waals surface area contributed by atoms with Crippen LogP contribution in [0.15, 0.2) is 36.4 Å². The fourth-order valence-electron chi connectivity index (χ4n) is 9.16. The highest BCUT2D eigenvalue weighted by molar-refractivity contribution is 6.32. The number of benzene rings is 2. The van der Waals surface area contributed by atoms with Gasteiger partial charge in [-0.2, -0.15) is 13.2 Å². The second kappa shape index (κ2) is 21.0. The fourth-order valence-corrected chi connectivity index (χ4v) is 9.40. The molecule has 0 aromatic heterocycles. The number of esters is 1. The van der Waals surface area contributed by atoms with Crippen LogP contribution in [0.1, 0.15) is 94.2 Å². The van der Waals surface area contributed by atoms with E-state index in [9.17, 15) is 37.5 Å². The van der Waals surface area contributed by atoms with Gasteiger partial charge in [0.2, 0.25) is 0 Å². The third-order valence-electron chi connectivity index (χ3n) is 12.7. The maximum absolute atomic E-state index is 14.2. The van der Waals surface area contributed by atoms with Gasteiger partial charge in [0.1, 0.15) is 5.75 Å². The molecule has 1 atom stereocenters. The first-order valence-corrected chi connectivity index (χ1v) is 22.0. The highest BCUT2D eigenvalue weighted by atomic mass is 35.5. The Morgan fingerprint density at radius 1 is 0.900 bits per heavy atom. The van der Waals surface area contributed by atoms with E-state index in [1.54, 1.807) is 9.80 Å². The van der Waals surface area contributed by atoms with Gasteiger partial charge in [0.25, 0.3) is 5.91 Å². The van der Waals surface area contributed by atoms with Crippen molar-refractivity contribution in [2.75, 3.05) is 64.3 Å². The van der Waals surface area contributed by atoms with Gasteiger partial charge in [-0.1, -0.05) is 56.0 Å². The number of urea groups is 1. The molecule has 4 aliphatic rings. The van der Waals surface area contributed by atoms with Crippen molar-refractivity contribution in [2.45, 2.75) is 109 Å². The van der Waals surface area contributed by atoms with Crippen LogP contribution in [0.25, 0.3) is 0 Å². The van der Waals surface area contributed by atoms with Gasteiger partial charge in [0, 0.05) is 57.4 Å². The average molecular weight is 862 g/mol. The van der Waals surface area contributed by atoms with Crippen molar-refractivity contribution in [1.29, 1.82) is 0 Å². The first-order valence-electron chi connectivity index (χ1n) is 21.7. The van der Waals surface area contributed by atoms with E-state index in [2.05, 4.69) is 17.1 Å². The largest absolute Gasteiger partial charge is 0.506 e. The molecule has 2 aromatic carbocycles. The molecule has 0 radical (unpaired) electrons. The van der Waals surface area contributed by atoms with Gasteiger partial charge in [0.15, 0.2) is 6.10 Å². The number of phenolic OH excluding ortho intramolecular Hbond substituents is 1. The first-order chi connectivity index (χ1) is 28.8.